The van der Waals surface area contributed by atoms with E-state index in [0.29, 0.717) is 6.54 Å². The summed E-state index contributed by atoms with van der Waals surface area (Å²) in [5.74, 6) is -0.489. The summed E-state index contributed by atoms with van der Waals surface area (Å²) < 4.78 is 0. The number of rotatable bonds is 9. The van der Waals surface area contributed by atoms with Crippen LogP contribution >= 0.6 is 24.8 Å². The number of nitrogens with two attached hydrogens (primary N) is 1. The molecular weight excluding hydrogens is 375 g/mol. The lowest BCUT2D eigenvalue weighted by atomic mass is 10.1. The monoisotopic (exact) mass is 406 g/mol. The topological polar surface area (TPSA) is 87.5 Å². The van der Waals surface area contributed by atoms with Crippen molar-refractivity contribution in [1.29, 1.82) is 0 Å². The van der Waals surface area contributed by atoms with Crippen molar-refractivity contribution >= 4 is 36.6 Å². The first-order valence-electron chi connectivity index (χ1n) is 8.39. The molecule has 0 fully saturated rings. The van der Waals surface area contributed by atoms with Crippen LogP contribution in [0.3, 0.4) is 0 Å². The van der Waals surface area contributed by atoms with Gasteiger partial charge in [0.1, 0.15) is 0 Å². The first kappa shape index (κ1) is 26.9. The van der Waals surface area contributed by atoms with Crippen LogP contribution < -0.4 is 16.4 Å². The van der Waals surface area contributed by atoms with E-state index in [9.17, 15) is 9.59 Å². The molecule has 0 saturated heterocycles. The molecule has 0 spiro atoms. The Morgan fingerprint density at radius 1 is 1.15 bits per heavy atom. The molecule has 0 unspecified atom stereocenters. The van der Waals surface area contributed by atoms with Gasteiger partial charge in [0, 0.05) is 13.1 Å². The van der Waals surface area contributed by atoms with E-state index in [4.69, 9.17) is 5.73 Å². The molecule has 8 heteroatoms. The lowest BCUT2D eigenvalue weighted by Crippen LogP contribution is -2.47. The van der Waals surface area contributed by atoms with Crippen molar-refractivity contribution in [2.24, 2.45) is 11.7 Å². The molecule has 1 aromatic rings. The Morgan fingerprint density at radius 2 is 1.77 bits per heavy atom. The Morgan fingerprint density at radius 3 is 2.35 bits per heavy atom. The van der Waals surface area contributed by atoms with Crippen molar-refractivity contribution in [2.75, 3.05) is 20.1 Å². The lowest BCUT2D eigenvalue weighted by Gasteiger charge is -2.15. The van der Waals surface area contributed by atoms with Crippen LogP contribution in [0.2, 0.25) is 0 Å². The van der Waals surface area contributed by atoms with E-state index in [0.717, 1.165) is 18.7 Å². The van der Waals surface area contributed by atoms with Gasteiger partial charge in [-0.3, -0.25) is 9.59 Å². The van der Waals surface area contributed by atoms with Crippen LogP contribution in [0.4, 0.5) is 0 Å². The summed E-state index contributed by atoms with van der Waals surface area (Å²) in [6, 6.07) is 7.53. The Balaban J connectivity index is 0. The molecule has 1 rings (SSSR count). The van der Waals surface area contributed by atoms with Crippen LogP contribution in [0, 0.1) is 5.92 Å². The molecule has 0 radical (unpaired) electrons. The molecule has 0 heterocycles. The Hall–Kier alpha value is -1.34. The average Bonchev–Trinajstić information content (AvgIpc) is 2.57. The highest BCUT2D eigenvalue weighted by Gasteiger charge is 2.17. The van der Waals surface area contributed by atoms with Gasteiger partial charge in [0.25, 0.3) is 0 Å². The molecule has 2 amide bonds. The predicted molar refractivity (Wildman–Crippen MR) is 111 cm³/mol. The number of carbonyl (C=O) groups is 2. The van der Waals surface area contributed by atoms with E-state index in [2.05, 4.69) is 41.6 Å². The highest BCUT2D eigenvalue weighted by Crippen LogP contribution is 2.07. The molecule has 150 valence electrons. The minimum atomic E-state index is -0.593. The maximum absolute atomic E-state index is 11.8. The summed E-state index contributed by atoms with van der Waals surface area (Å²) in [7, 11) is 2.07. The number of amides is 2. The summed E-state index contributed by atoms with van der Waals surface area (Å²) in [4.78, 5) is 25.8. The number of nitrogens with one attached hydrogen (secondary N) is 2. The number of hydrogen-bond donors (Lipinski definition) is 3. The zero-order chi connectivity index (χ0) is 18.1. The second-order valence-corrected chi connectivity index (χ2v) is 6.41. The molecule has 6 nitrogen and oxygen atoms in total. The van der Waals surface area contributed by atoms with E-state index in [1.807, 2.05) is 26.0 Å². The molecule has 1 atom stereocenters. The Labute approximate surface area is 169 Å². The molecule has 0 saturated carbocycles. The van der Waals surface area contributed by atoms with Gasteiger partial charge in [-0.1, -0.05) is 45.0 Å². The van der Waals surface area contributed by atoms with Crippen LogP contribution in [0.5, 0.6) is 0 Å². The fraction of sp³-hybridized carbons (Fsp3) is 0.556. The maximum atomic E-state index is 11.8. The highest BCUT2D eigenvalue weighted by atomic mass is 35.5. The van der Waals surface area contributed by atoms with E-state index < -0.39 is 6.04 Å². The van der Waals surface area contributed by atoms with Crippen molar-refractivity contribution in [3.63, 3.8) is 0 Å². The average molecular weight is 407 g/mol. The molecule has 0 aliphatic heterocycles. The van der Waals surface area contributed by atoms with E-state index in [-0.39, 0.29) is 49.1 Å². The fourth-order valence-corrected chi connectivity index (χ4v) is 2.11. The number of nitrogens with zero attached hydrogens (tertiary/aromatic N) is 1. The first-order valence-corrected chi connectivity index (χ1v) is 8.39. The van der Waals surface area contributed by atoms with E-state index in [1.54, 1.807) is 0 Å². The maximum Gasteiger partial charge on any atom is 0.239 e. The third-order valence-electron chi connectivity index (χ3n) is 3.92. The highest BCUT2D eigenvalue weighted by molar-refractivity contribution is 5.87. The summed E-state index contributed by atoms with van der Waals surface area (Å²) >= 11 is 0. The van der Waals surface area contributed by atoms with Gasteiger partial charge in [-0.05, 0) is 30.6 Å². The third kappa shape index (κ3) is 9.97. The van der Waals surface area contributed by atoms with Crippen molar-refractivity contribution < 1.29 is 9.59 Å². The van der Waals surface area contributed by atoms with Gasteiger partial charge in [0.15, 0.2) is 0 Å². The molecule has 0 aromatic heterocycles. The summed E-state index contributed by atoms with van der Waals surface area (Å²) in [5.41, 5.74) is 7.98. The smallest absolute Gasteiger partial charge is 0.239 e. The molecule has 26 heavy (non-hydrogen) atoms. The standard InChI is InChI=1S/C18H30N4O2.2ClH/c1-5-22(4)12-15-8-6-7-14(9-15)10-20-16(23)11-21-18(24)17(19)13(2)3;;/h6-9,13,17H,5,10-12,19H2,1-4H3,(H,20,23)(H,21,24);2*1H/t17-;;/m0../s1. The second-order valence-electron chi connectivity index (χ2n) is 6.41. The number of halogens is 2. The molecule has 4 N–H and O–H groups in total. The third-order valence-corrected chi connectivity index (χ3v) is 3.92. The number of hydrogen-bond acceptors (Lipinski definition) is 4. The zero-order valence-corrected chi connectivity index (χ0v) is 17.6. The molecule has 0 bridgehead atoms. The van der Waals surface area contributed by atoms with Gasteiger partial charge in [-0.25, -0.2) is 0 Å². The SMILES string of the molecule is CCN(C)Cc1cccc(CNC(=O)CNC(=O)[C@@H](N)C(C)C)c1.Cl.Cl. The van der Waals surface area contributed by atoms with Gasteiger partial charge in [0.05, 0.1) is 12.6 Å². The first-order chi connectivity index (χ1) is 11.3. The molecule has 0 aliphatic rings. The van der Waals surface area contributed by atoms with Gasteiger partial charge < -0.3 is 21.3 Å². The quantitative estimate of drug-likeness (QED) is 0.582. The van der Waals surface area contributed by atoms with Crippen LogP contribution in [0.25, 0.3) is 0 Å². The largest absolute Gasteiger partial charge is 0.350 e. The summed E-state index contributed by atoms with van der Waals surface area (Å²) in [5, 5.41) is 5.37. The zero-order valence-electron chi connectivity index (χ0n) is 16.0. The number of benzene rings is 1. The number of carbonyl (C=O) groups excluding carboxylic acids is 2. The molecule has 1 aromatic carbocycles. The van der Waals surface area contributed by atoms with Gasteiger partial charge in [-0.15, -0.1) is 24.8 Å². The molecule has 0 aliphatic carbocycles. The van der Waals surface area contributed by atoms with Crippen molar-refractivity contribution in [2.45, 2.75) is 39.9 Å². The van der Waals surface area contributed by atoms with Crippen molar-refractivity contribution in [1.82, 2.24) is 15.5 Å². The summed E-state index contributed by atoms with van der Waals surface area (Å²) in [6.07, 6.45) is 0. The minimum absolute atomic E-state index is 0. The van der Waals surface area contributed by atoms with E-state index >= 15 is 0 Å². The second kappa shape index (κ2) is 13.8. The van der Waals surface area contributed by atoms with Gasteiger partial charge in [0.2, 0.25) is 11.8 Å². The lowest BCUT2D eigenvalue weighted by molar-refractivity contribution is -0.127. The van der Waals surface area contributed by atoms with Gasteiger partial charge >= 0.3 is 0 Å². The van der Waals surface area contributed by atoms with E-state index in [1.165, 1.54) is 5.56 Å². The van der Waals surface area contributed by atoms with Crippen LogP contribution in [-0.4, -0.2) is 42.9 Å². The summed E-state index contributed by atoms with van der Waals surface area (Å²) in [6.45, 7) is 8.09. The van der Waals surface area contributed by atoms with Crippen molar-refractivity contribution in [3.05, 3.63) is 35.4 Å². The van der Waals surface area contributed by atoms with Crippen LogP contribution in [0.15, 0.2) is 24.3 Å². The molecular formula is C18H32Cl2N4O2. The van der Waals surface area contributed by atoms with Crippen molar-refractivity contribution in [3.8, 4) is 0 Å². The Kier molecular flexibility index (Phi) is 14.3. The fourth-order valence-electron chi connectivity index (χ4n) is 2.11. The van der Waals surface area contributed by atoms with Gasteiger partial charge in [-0.2, -0.15) is 0 Å². The van der Waals surface area contributed by atoms with Crippen LogP contribution in [0.1, 0.15) is 31.9 Å². The predicted octanol–water partition coefficient (Wildman–Crippen LogP) is 1.70. The minimum Gasteiger partial charge on any atom is -0.350 e. The normalized spacial score (nSPS) is 11.3. The van der Waals surface area contributed by atoms with Crippen LogP contribution in [-0.2, 0) is 22.7 Å². The Bertz CT molecular complexity index is 556.